The van der Waals surface area contributed by atoms with Crippen molar-refractivity contribution in [1.29, 1.82) is 0 Å². The Morgan fingerprint density at radius 3 is 2.37 bits per heavy atom. The Hall–Kier alpha value is -2.45. The van der Waals surface area contributed by atoms with Gasteiger partial charge in [0.05, 0.1) is 11.6 Å². The number of benzene rings is 2. The van der Waals surface area contributed by atoms with E-state index in [0.717, 1.165) is 10.0 Å². The van der Waals surface area contributed by atoms with E-state index in [-0.39, 0.29) is 24.2 Å². The van der Waals surface area contributed by atoms with Gasteiger partial charge in [-0.3, -0.25) is 14.5 Å². The Balaban J connectivity index is 1.68. The molecular weight excluding hydrogens is 455 g/mol. The van der Waals surface area contributed by atoms with Crippen molar-refractivity contribution in [3.05, 3.63) is 63.9 Å². The van der Waals surface area contributed by atoms with Crippen molar-refractivity contribution in [2.45, 2.75) is 18.9 Å². The molecule has 1 saturated heterocycles. The Bertz CT molecular complexity index is 899. The molecule has 0 saturated carbocycles. The van der Waals surface area contributed by atoms with Gasteiger partial charge in [-0.05, 0) is 58.2 Å². The summed E-state index contributed by atoms with van der Waals surface area (Å²) in [5.74, 6) is -0.573. The van der Waals surface area contributed by atoms with Crippen LogP contribution in [0, 0.1) is 5.82 Å². The van der Waals surface area contributed by atoms with Crippen molar-refractivity contribution in [3.63, 3.8) is 0 Å². The highest BCUT2D eigenvalue weighted by atomic mass is 79.9. The molecule has 8 heteroatoms. The van der Waals surface area contributed by atoms with Crippen LogP contribution in [0.5, 0.6) is 5.75 Å². The summed E-state index contributed by atoms with van der Waals surface area (Å²) in [6.07, 6.45) is 0.460. The Morgan fingerprint density at radius 2 is 1.80 bits per heavy atom. The minimum absolute atomic E-state index is 0.0288. The highest BCUT2D eigenvalue weighted by Crippen LogP contribution is 2.29. The zero-order valence-corrected chi connectivity index (χ0v) is 18.3. The van der Waals surface area contributed by atoms with Crippen molar-refractivity contribution >= 4 is 27.8 Å². The Kier molecular flexibility index (Phi) is 7.44. The van der Waals surface area contributed by atoms with E-state index in [1.54, 1.807) is 42.3 Å². The van der Waals surface area contributed by atoms with Crippen LogP contribution in [-0.4, -0.2) is 60.1 Å². The van der Waals surface area contributed by atoms with E-state index < -0.39 is 5.97 Å². The summed E-state index contributed by atoms with van der Waals surface area (Å²) < 4.78 is 19.3. The number of amides is 1. The molecule has 2 aromatic carbocycles. The molecule has 1 aliphatic rings. The fourth-order valence-electron chi connectivity index (χ4n) is 3.72. The van der Waals surface area contributed by atoms with Gasteiger partial charge in [0.25, 0.3) is 5.91 Å². The van der Waals surface area contributed by atoms with E-state index in [1.165, 1.54) is 12.1 Å². The number of hydrogen-bond acceptors (Lipinski definition) is 4. The van der Waals surface area contributed by atoms with Crippen LogP contribution in [0.2, 0.25) is 0 Å². The first-order valence-electron chi connectivity index (χ1n) is 9.73. The van der Waals surface area contributed by atoms with Crippen molar-refractivity contribution in [1.82, 2.24) is 9.80 Å². The smallest absolute Gasteiger partial charge is 0.303 e. The predicted octanol–water partition coefficient (Wildman–Crippen LogP) is 3.96. The number of carbonyl (C=O) groups excluding carboxylic acids is 1. The van der Waals surface area contributed by atoms with Gasteiger partial charge in [-0.25, -0.2) is 4.39 Å². The third kappa shape index (κ3) is 5.37. The fourth-order valence-corrected chi connectivity index (χ4v) is 4.26. The van der Waals surface area contributed by atoms with Crippen LogP contribution in [0.1, 0.15) is 34.8 Å². The van der Waals surface area contributed by atoms with Gasteiger partial charge in [-0.2, -0.15) is 0 Å². The lowest BCUT2D eigenvalue weighted by Crippen LogP contribution is -2.49. The second-order valence-electron chi connectivity index (χ2n) is 7.18. The summed E-state index contributed by atoms with van der Waals surface area (Å²) in [4.78, 5) is 27.9. The number of ether oxygens (including phenoxy) is 1. The molecule has 0 bridgehead atoms. The largest absolute Gasteiger partial charge is 0.496 e. The van der Waals surface area contributed by atoms with Gasteiger partial charge < -0.3 is 14.7 Å². The third-order valence-corrected chi connectivity index (χ3v) is 5.95. The SMILES string of the molecule is COc1ccc(C(=O)N2CCN([C@@H](CCC(=O)O)c3ccc(F)cc3)CC2)cc1Br. The molecule has 3 rings (SSSR count). The summed E-state index contributed by atoms with van der Waals surface area (Å²) in [5, 5.41) is 9.11. The highest BCUT2D eigenvalue weighted by Gasteiger charge is 2.28. The fraction of sp³-hybridized carbons (Fsp3) is 0.364. The molecule has 0 aliphatic carbocycles. The van der Waals surface area contributed by atoms with Gasteiger partial charge in [-0.15, -0.1) is 0 Å². The first-order chi connectivity index (χ1) is 14.4. The Morgan fingerprint density at radius 1 is 1.13 bits per heavy atom. The molecule has 1 fully saturated rings. The van der Waals surface area contributed by atoms with Crippen molar-refractivity contribution in [2.24, 2.45) is 0 Å². The van der Waals surface area contributed by atoms with Crippen molar-refractivity contribution in [2.75, 3.05) is 33.3 Å². The monoisotopic (exact) mass is 478 g/mol. The molecule has 6 nitrogen and oxygen atoms in total. The number of halogens is 2. The number of rotatable bonds is 7. The molecule has 160 valence electrons. The average Bonchev–Trinajstić information content (AvgIpc) is 2.74. The summed E-state index contributed by atoms with van der Waals surface area (Å²) in [5.41, 5.74) is 1.47. The van der Waals surface area contributed by atoms with Crippen LogP contribution in [0.25, 0.3) is 0 Å². The molecule has 0 aromatic heterocycles. The molecule has 1 N–H and O–H groups in total. The molecule has 1 atom stereocenters. The zero-order chi connectivity index (χ0) is 21.7. The number of nitrogens with zero attached hydrogens (tertiary/aromatic N) is 2. The van der Waals surface area contributed by atoms with Crippen LogP contribution in [0.15, 0.2) is 46.9 Å². The lowest BCUT2D eigenvalue weighted by atomic mass is 9.99. The van der Waals surface area contributed by atoms with E-state index >= 15 is 0 Å². The average molecular weight is 479 g/mol. The van der Waals surface area contributed by atoms with Crippen LogP contribution in [-0.2, 0) is 4.79 Å². The first kappa shape index (κ1) is 22.2. The topological polar surface area (TPSA) is 70.1 Å². The molecule has 1 aliphatic heterocycles. The highest BCUT2D eigenvalue weighted by molar-refractivity contribution is 9.10. The first-order valence-corrected chi connectivity index (χ1v) is 10.5. The lowest BCUT2D eigenvalue weighted by molar-refractivity contribution is -0.137. The molecule has 2 aromatic rings. The van der Waals surface area contributed by atoms with Gasteiger partial charge in [0, 0.05) is 44.2 Å². The van der Waals surface area contributed by atoms with Crippen LogP contribution < -0.4 is 4.74 Å². The Labute approximate surface area is 183 Å². The maximum absolute atomic E-state index is 13.3. The molecule has 0 spiro atoms. The molecule has 1 amide bonds. The summed E-state index contributed by atoms with van der Waals surface area (Å²) in [7, 11) is 1.57. The second kappa shape index (κ2) is 10.0. The van der Waals surface area contributed by atoms with E-state index in [4.69, 9.17) is 9.84 Å². The van der Waals surface area contributed by atoms with Gasteiger partial charge in [0.1, 0.15) is 11.6 Å². The third-order valence-electron chi connectivity index (χ3n) is 5.33. The maximum Gasteiger partial charge on any atom is 0.303 e. The predicted molar refractivity (Wildman–Crippen MR) is 114 cm³/mol. The number of aliphatic carboxylic acids is 1. The minimum Gasteiger partial charge on any atom is -0.496 e. The summed E-state index contributed by atoms with van der Waals surface area (Å²) >= 11 is 3.41. The summed E-state index contributed by atoms with van der Waals surface area (Å²) in [6.45, 7) is 2.30. The molecule has 30 heavy (non-hydrogen) atoms. The summed E-state index contributed by atoms with van der Waals surface area (Å²) in [6, 6.07) is 11.3. The van der Waals surface area contributed by atoms with E-state index in [1.807, 2.05) is 0 Å². The van der Waals surface area contributed by atoms with Gasteiger partial charge >= 0.3 is 5.97 Å². The van der Waals surface area contributed by atoms with Gasteiger partial charge in [-0.1, -0.05) is 12.1 Å². The lowest BCUT2D eigenvalue weighted by Gasteiger charge is -2.39. The molecule has 0 radical (unpaired) electrons. The van der Waals surface area contributed by atoms with E-state index in [2.05, 4.69) is 20.8 Å². The van der Waals surface area contributed by atoms with Crippen molar-refractivity contribution in [3.8, 4) is 5.75 Å². The molecule has 0 unspecified atom stereocenters. The quantitative estimate of drug-likeness (QED) is 0.651. The van der Waals surface area contributed by atoms with E-state index in [0.29, 0.717) is 43.9 Å². The maximum atomic E-state index is 13.3. The number of methoxy groups -OCH3 is 1. The van der Waals surface area contributed by atoms with Crippen LogP contribution in [0.4, 0.5) is 4.39 Å². The van der Waals surface area contributed by atoms with Crippen LogP contribution >= 0.6 is 15.9 Å². The van der Waals surface area contributed by atoms with Gasteiger partial charge in [0.2, 0.25) is 0 Å². The van der Waals surface area contributed by atoms with E-state index in [9.17, 15) is 14.0 Å². The second-order valence-corrected chi connectivity index (χ2v) is 8.03. The molecule has 1 heterocycles. The number of carbonyl (C=O) groups is 2. The minimum atomic E-state index is -0.860. The standard InChI is InChI=1S/C22H24BrFN2O4/c1-30-20-8-4-16(14-18(20)23)22(29)26-12-10-25(11-13-26)19(7-9-21(27)28)15-2-5-17(24)6-3-15/h2-6,8,14,19H,7,9-13H2,1H3,(H,27,28)/t19-/m0/s1. The van der Waals surface area contributed by atoms with Crippen LogP contribution in [0.3, 0.4) is 0 Å². The molecular formula is C22H24BrFN2O4. The number of carboxylic acids is 1. The normalized spacial score (nSPS) is 15.6. The number of hydrogen-bond donors (Lipinski definition) is 1. The zero-order valence-electron chi connectivity index (χ0n) is 16.7. The van der Waals surface area contributed by atoms with Crippen molar-refractivity contribution < 1.29 is 23.8 Å². The number of piperazine rings is 1. The number of carboxylic acid groups (broad SMARTS) is 1. The van der Waals surface area contributed by atoms with Gasteiger partial charge in [0.15, 0.2) is 0 Å².